The highest BCUT2D eigenvalue weighted by Gasteiger charge is 2.73. The fraction of sp³-hybridized carbons (Fsp3) is 0.958. The van der Waals surface area contributed by atoms with Crippen LogP contribution >= 0.6 is 0 Å². The van der Waals surface area contributed by atoms with Crippen molar-refractivity contribution in [1.29, 1.82) is 0 Å². The van der Waals surface area contributed by atoms with Crippen molar-refractivity contribution in [3.8, 4) is 0 Å². The van der Waals surface area contributed by atoms with Crippen LogP contribution in [0.4, 0.5) is 0 Å². The molecule has 0 bridgehead atoms. The molecule has 0 aromatic rings. The topological polar surface area (TPSA) is 355 Å². The number of hydrogen-bond acceptors (Lipinski definition) is 23. The highest BCUT2D eigenvalue weighted by Crippen LogP contribution is 2.71. The average molecular weight is 1020 g/mol. The Hall–Kier alpha value is -1.18. The predicted molar refractivity (Wildman–Crippen MR) is 234 cm³/mol. The summed E-state index contributed by atoms with van der Waals surface area (Å²) in [7, 11) is 0. The zero-order valence-electron chi connectivity index (χ0n) is 40.5. The zero-order valence-corrected chi connectivity index (χ0v) is 40.5. The first-order valence-electron chi connectivity index (χ1n) is 25.5. The highest BCUT2D eigenvalue weighted by molar-refractivity contribution is 5.29. The van der Waals surface area contributed by atoms with Gasteiger partial charge in [-0.1, -0.05) is 32.4 Å². The molecule has 9 fully saturated rings. The smallest absolute Gasteiger partial charge is 0.202 e. The Morgan fingerprint density at radius 3 is 2.15 bits per heavy atom. The van der Waals surface area contributed by atoms with E-state index >= 15 is 0 Å². The van der Waals surface area contributed by atoms with Gasteiger partial charge in [-0.15, -0.1) is 0 Å². The van der Waals surface area contributed by atoms with Gasteiger partial charge in [0.15, 0.2) is 25.2 Å². The Kier molecular flexibility index (Phi) is 14.8. The van der Waals surface area contributed by atoms with Gasteiger partial charge in [-0.05, 0) is 62.2 Å². The van der Waals surface area contributed by atoms with Crippen molar-refractivity contribution in [2.75, 3.05) is 39.6 Å². The van der Waals surface area contributed by atoms with Gasteiger partial charge in [0.05, 0.1) is 70.2 Å². The number of rotatable bonds is 10. The fourth-order valence-corrected chi connectivity index (χ4v) is 14.8. The normalized spacial score (nSPS) is 58.2. The van der Waals surface area contributed by atoms with Gasteiger partial charge < -0.3 is 114 Å². The lowest BCUT2D eigenvalue weighted by Gasteiger charge is -2.60. The van der Waals surface area contributed by atoms with Crippen molar-refractivity contribution in [2.45, 2.75) is 200 Å². The Morgan fingerprint density at radius 2 is 1.44 bits per heavy atom. The molecule has 10 rings (SSSR count). The van der Waals surface area contributed by atoms with Gasteiger partial charge in [0.25, 0.3) is 0 Å². The van der Waals surface area contributed by atoms with Gasteiger partial charge in [-0.3, -0.25) is 0 Å². The number of aliphatic hydroxyl groups excluding tert-OH is 12. The number of hydrogen-bond donors (Lipinski definition) is 13. The molecule has 3 saturated carbocycles. The second kappa shape index (κ2) is 19.7. The van der Waals surface area contributed by atoms with Gasteiger partial charge in [0.1, 0.15) is 72.7 Å². The third-order valence-corrected chi connectivity index (χ3v) is 19.0. The molecule has 13 N–H and O–H groups in total. The van der Waals surface area contributed by atoms with Gasteiger partial charge in [-0.2, -0.15) is 0 Å². The van der Waals surface area contributed by atoms with Crippen LogP contribution in [-0.2, 0) is 47.4 Å². The van der Waals surface area contributed by atoms with E-state index in [0.29, 0.717) is 12.8 Å². The Bertz CT molecular complexity index is 1920. The minimum Gasteiger partial charge on any atom is -0.396 e. The largest absolute Gasteiger partial charge is 0.396 e. The number of aliphatic hydroxyl groups is 13. The van der Waals surface area contributed by atoms with E-state index in [4.69, 9.17) is 47.4 Å². The first-order valence-corrected chi connectivity index (χ1v) is 25.5. The van der Waals surface area contributed by atoms with Crippen molar-refractivity contribution >= 4 is 0 Å². The minimum absolute atomic E-state index is 0.00806. The standard InChI is InChI=1S/C48H76O23/c1-18-13-65-48(39(59)31(18)53)25(12-49)30-27(71-48)11-24-22-6-5-20-9-21(51)10-29(46(20,4)23(22)7-8-45(24,30)3)68-43-38(34(56)28(15-63-43)67-41-35(57)33(55)26(52)14-62-41)70-42-36(58)37(32(54)19(2)66-42)69-44-40(60)47(61,16-50)17-64-44/h5,18-19,21-44,49-61H,6-17H2,1-4H3/t18-,19-,21+,22+,23-,24-,25-,26+,27-,28-,29+,30-,31-,32-,33-,34-,35+,36+,37+,38+,39-,40-,41-,42-,43-,44-,45-,46-,47+,48-/m0/s1. The van der Waals surface area contributed by atoms with Crippen molar-refractivity contribution in [3.63, 3.8) is 0 Å². The molecule has 0 unspecified atom stereocenters. The van der Waals surface area contributed by atoms with Crippen LogP contribution in [-0.4, -0.2) is 240 Å². The minimum atomic E-state index is -2.08. The quantitative estimate of drug-likeness (QED) is 0.0924. The molecule has 6 heterocycles. The monoisotopic (exact) mass is 1020 g/mol. The van der Waals surface area contributed by atoms with E-state index in [-0.39, 0.29) is 67.3 Å². The van der Waals surface area contributed by atoms with E-state index in [1.54, 1.807) is 6.92 Å². The maximum absolute atomic E-state index is 12.2. The first kappa shape index (κ1) is 53.2. The van der Waals surface area contributed by atoms with Crippen LogP contribution in [0.15, 0.2) is 11.6 Å². The second-order valence-corrected chi connectivity index (χ2v) is 22.9. The summed E-state index contributed by atoms with van der Waals surface area (Å²) >= 11 is 0. The molecule has 0 aromatic carbocycles. The number of ether oxygens (including phenoxy) is 10. The molecule has 6 aliphatic heterocycles. The lowest BCUT2D eigenvalue weighted by atomic mass is 9.46. The third-order valence-electron chi connectivity index (χ3n) is 19.0. The maximum atomic E-state index is 12.2. The summed E-state index contributed by atoms with van der Waals surface area (Å²) in [5.41, 5.74) is -2.12. The Balaban J connectivity index is 0.914. The van der Waals surface area contributed by atoms with E-state index in [1.165, 1.54) is 6.92 Å². The van der Waals surface area contributed by atoms with Crippen molar-refractivity contribution in [3.05, 3.63) is 11.6 Å². The van der Waals surface area contributed by atoms with E-state index < -0.39 is 159 Å². The predicted octanol–water partition coefficient (Wildman–Crippen LogP) is -4.16. The summed E-state index contributed by atoms with van der Waals surface area (Å²) in [6.07, 6.45) is -22.3. The molecule has 10 aliphatic rings. The van der Waals surface area contributed by atoms with Crippen molar-refractivity contribution in [2.24, 2.45) is 46.3 Å². The third kappa shape index (κ3) is 8.53. The molecule has 4 aliphatic carbocycles. The summed E-state index contributed by atoms with van der Waals surface area (Å²) in [6, 6.07) is 0. The van der Waals surface area contributed by atoms with Crippen LogP contribution in [0.25, 0.3) is 0 Å². The maximum Gasteiger partial charge on any atom is 0.202 e. The van der Waals surface area contributed by atoms with Crippen LogP contribution in [0, 0.1) is 46.3 Å². The molecule has 71 heavy (non-hydrogen) atoms. The Morgan fingerprint density at radius 1 is 0.704 bits per heavy atom. The Labute approximate surface area is 411 Å². The molecule has 23 nitrogen and oxygen atoms in total. The van der Waals surface area contributed by atoms with Crippen LogP contribution in [0.1, 0.15) is 66.2 Å². The first-order chi connectivity index (χ1) is 33.6. The van der Waals surface area contributed by atoms with Crippen LogP contribution < -0.4 is 0 Å². The van der Waals surface area contributed by atoms with Gasteiger partial charge in [0, 0.05) is 29.6 Å². The molecular formula is C48H76O23. The molecule has 6 saturated heterocycles. The fourth-order valence-electron chi connectivity index (χ4n) is 14.8. The second-order valence-electron chi connectivity index (χ2n) is 22.9. The van der Waals surface area contributed by atoms with Crippen molar-refractivity contribution in [1.82, 2.24) is 0 Å². The molecule has 0 radical (unpaired) electrons. The number of allylic oxidation sites excluding steroid dienone is 1. The van der Waals surface area contributed by atoms with Crippen LogP contribution in [0.2, 0.25) is 0 Å². The molecule has 30 atom stereocenters. The summed E-state index contributed by atoms with van der Waals surface area (Å²) < 4.78 is 61.4. The molecule has 23 heteroatoms. The van der Waals surface area contributed by atoms with Crippen LogP contribution in [0.5, 0.6) is 0 Å². The molecule has 406 valence electrons. The zero-order chi connectivity index (χ0) is 50.9. The number of fused-ring (bicyclic) bond motifs is 7. The SMILES string of the molecule is C[C@@H]1O[C@@H](O[C@H]2[C@H](O[C@@H]3C[C@H](O)CC4=CC[C@H]5[C@@H]6C[C@@H]7O[C@@]8(OC[C@H](C)[C@H](O)[C@@H]8O)[C@@H](CO)[C@@H]7[C@@]6(C)CC[C@@H]5[C@]43C)OC[C@H](O[C@@H]3OC[C@@H](O)[C@H](O)[C@H]3O)[C@@H]2O)[C@H](O)[C@H](O[C@@H]2OC[C@](O)(CO)[C@H]2O)[C@H]1O. The lowest BCUT2D eigenvalue weighted by molar-refractivity contribution is -0.381. The molecular weight excluding hydrogens is 945 g/mol. The molecule has 1 spiro atoms. The lowest BCUT2D eigenvalue weighted by Crippen LogP contribution is -2.65. The van der Waals surface area contributed by atoms with Crippen molar-refractivity contribution < 1.29 is 114 Å². The summed E-state index contributed by atoms with van der Waals surface area (Å²) in [6.45, 7) is 5.36. The van der Waals surface area contributed by atoms with Gasteiger partial charge >= 0.3 is 0 Å². The highest BCUT2D eigenvalue weighted by atomic mass is 16.8. The summed E-state index contributed by atoms with van der Waals surface area (Å²) in [5, 5.41) is 142. The van der Waals surface area contributed by atoms with E-state index in [9.17, 15) is 66.4 Å². The van der Waals surface area contributed by atoms with E-state index in [2.05, 4.69) is 19.9 Å². The van der Waals surface area contributed by atoms with E-state index in [1.807, 2.05) is 0 Å². The van der Waals surface area contributed by atoms with Crippen LogP contribution in [0.3, 0.4) is 0 Å². The average Bonchev–Trinajstić information content (AvgIpc) is 3.94. The van der Waals surface area contributed by atoms with Gasteiger partial charge in [0.2, 0.25) is 5.79 Å². The van der Waals surface area contributed by atoms with Gasteiger partial charge in [-0.25, -0.2) is 0 Å². The summed E-state index contributed by atoms with van der Waals surface area (Å²) in [4.78, 5) is 0. The summed E-state index contributed by atoms with van der Waals surface area (Å²) in [5.74, 6) is -2.38. The molecule has 0 amide bonds. The van der Waals surface area contributed by atoms with E-state index in [0.717, 1.165) is 24.8 Å². The molecule has 0 aromatic heterocycles.